The summed E-state index contributed by atoms with van der Waals surface area (Å²) in [5.41, 5.74) is 1.51. The van der Waals surface area contributed by atoms with Gasteiger partial charge in [0.1, 0.15) is 5.76 Å². The first-order chi connectivity index (χ1) is 10.2. The molecule has 0 saturated heterocycles. The van der Waals surface area contributed by atoms with Crippen LogP contribution in [0.5, 0.6) is 0 Å². The SMILES string of the molecule is CNC(Cc1cccc(Br)c1)c1cc2cccc(F)c2o1. The highest BCUT2D eigenvalue weighted by atomic mass is 79.9. The van der Waals surface area contributed by atoms with E-state index in [9.17, 15) is 4.39 Å². The van der Waals surface area contributed by atoms with Gasteiger partial charge in [0.15, 0.2) is 11.4 Å². The van der Waals surface area contributed by atoms with E-state index in [0.717, 1.165) is 22.0 Å². The third-order valence-electron chi connectivity index (χ3n) is 3.54. The molecule has 0 saturated carbocycles. The lowest BCUT2D eigenvalue weighted by atomic mass is 10.0. The van der Waals surface area contributed by atoms with Crippen LogP contribution >= 0.6 is 15.9 Å². The van der Waals surface area contributed by atoms with Crippen LogP contribution in [0.4, 0.5) is 4.39 Å². The van der Waals surface area contributed by atoms with Crippen molar-refractivity contribution in [1.82, 2.24) is 5.32 Å². The maximum Gasteiger partial charge on any atom is 0.169 e. The van der Waals surface area contributed by atoms with Crippen LogP contribution in [0.25, 0.3) is 11.0 Å². The van der Waals surface area contributed by atoms with Crippen LogP contribution in [-0.2, 0) is 6.42 Å². The zero-order valence-electron chi connectivity index (χ0n) is 11.6. The van der Waals surface area contributed by atoms with E-state index in [1.54, 1.807) is 6.07 Å². The summed E-state index contributed by atoms with van der Waals surface area (Å²) in [5.74, 6) is 0.425. The van der Waals surface area contributed by atoms with Crippen molar-refractivity contribution in [2.24, 2.45) is 0 Å². The lowest BCUT2D eigenvalue weighted by molar-refractivity contribution is 0.442. The number of benzene rings is 2. The van der Waals surface area contributed by atoms with Gasteiger partial charge in [0.05, 0.1) is 6.04 Å². The number of hydrogen-bond acceptors (Lipinski definition) is 2. The largest absolute Gasteiger partial charge is 0.456 e. The number of rotatable bonds is 4. The number of nitrogens with one attached hydrogen (secondary N) is 1. The van der Waals surface area contributed by atoms with E-state index < -0.39 is 0 Å². The maximum atomic E-state index is 13.7. The molecule has 1 aromatic heterocycles. The molecule has 108 valence electrons. The van der Waals surface area contributed by atoms with Crippen molar-refractivity contribution >= 4 is 26.9 Å². The minimum atomic E-state index is -0.323. The van der Waals surface area contributed by atoms with E-state index in [-0.39, 0.29) is 11.9 Å². The van der Waals surface area contributed by atoms with E-state index in [4.69, 9.17) is 4.42 Å². The first-order valence-corrected chi connectivity index (χ1v) is 7.56. The molecule has 3 aromatic rings. The van der Waals surface area contributed by atoms with E-state index in [1.807, 2.05) is 31.3 Å². The van der Waals surface area contributed by atoms with Gasteiger partial charge in [-0.05, 0) is 43.3 Å². The predicted molar refractivity (Wildman–Crippen MR) is 85.8 cm³/mol. The fourth-order valence-electron chi connectivity index (χ4n) is 2.46. The summed E-state index contributed by atoms with van der Waals surface area (Å²) in [4.78, 5) is 0. The van der Waals surface area contributed by atoms with Gasteiger partial charge in [-0.3, -0.25) is 0 Å². The van der Waals surface area contributed by atoms with Gasteiger partial charge in [-0.25, -0.2) is 4.39 Å². The maximum absolute atomic E-state index is 13.7. The molecule has 1 heterocycles. The number of hydrogen-bond donors (Lipinski definition) is 1. The molecule has 4 heteroatoms. The summed E-state index contributed by atoms with van der Waals surface area (Å²) in [5, 5.41) is 4.03. The van der Waals surface area contributed by atoms with Crippen molar-refractivity contribution in [3.8, 4) is 0 Å². The third kappa shape index (κ3) is 3.01. The molecular formula is C17H15BrFNO. The highest BCUT2D eigenvalue weighted by Gasteiger charge is 2.16. The Bertz CT molecular complexity index is 768. The number of likely N-dealkylation sites (N-methyl/N-ethyl adjacent to an activating group) is 1. The topological polar surface area (TPSA) is 25.2 Å². The molecule has 0 spiro atoms. The highest BCUT2D eigenvalue weighted by Crippen LogP contribution is 2.28. The molecule has 0 aliphatic carbocycles. The molecule has 21 heavy (non-hydrogen) atoms. The van der Waals surface area contributed by atoms with Crippen LogP contribution in [0.15, 0.2) is 57.4 Å². The summed E-state index contributed by atoms with van der Waals surface area (Å²) >= 11 is 3.47. The Morgan fingerprint density at radius 3 is 2.71 bits per heavy atom. The number of furan rings is 1. The molecule has 1 N–H and O–H groups in total. The molecule has 0 radical (unpaired) electrons. The molecule has 2 aromatic carbocycles. The van der Waals surface area contributed by atoms with Crippen LogP contribution in [0.3, 0.4) is 0 Å². The van der Waals surface area contributed by atoms with Crippen molar-refractivity contribution in [3.05, 3.63) is 70.1 Å². The van der Waals surface area contributed by atoms with Crippen molar-refractivity contribution in [1.29, 1.82) is 0 Å². The van der Waals surface area contributed by atoms with Crippen LogP contribution in [0, 0.1) is 5.82 Å². The Balaban J connectivity index is 1.93. The fourth-order valence-corrected chi connectivity index (χ4v) is 2.91. The second-order valence-electron chi connectivity index (χ2n) is 4.98. The van der Waals surface area contributed by atoms with Crippen LogP contribution in [-0.4, -0.2) is 7.05 Å². The van der Waals surface area contributed by atoms with Crippen LogP contribution < -0.4 is 5.32 Å². The van der Waals surface area contributed by atoms with Crippen LogP contribution in [0.2, 0.25) is 0 Å². The van der Waals surface area contributed by atoms with E-state index >= 15 is 0 Å². The number of para-hydroxylation sites is 1. The Kier molecular flexibility index (Phi) is 4.08. The fraction of sp³-hybridized carbons (Fsp3) is 0.176. The standard InChI is InChI=1S/C17H15BrFNO/c1-20-15(9-11-4-2-6-13(18)8-11)16-10-12-5-3-7-14(19)17(12)21-16/h2-8,10,15,20H,9H2,1H3. The first kappa shape index (κ1) is 14.3. The minimum Gasteiger partial charge on any atom is -0.456 e. The van der Waals surface area contributed by atoms with Gasteiger partial charge in [-0.2, -0.15) is 0 Å². The lowest BCUT2D eigenvalue weighted by Crippen LogP contribution is -2.18. The molecular weight excluding hydrogens is 333 g/mol. The van der Waals surface area contributed by atoms with E-state index in [2.05, 4.69) is 33.4 Å². The molecule has 1 atom stereocenters. The third-order valence-corrected chi connectivity index (χ3v) is 4.03. The van der Waals surface area contributed by atoms with Gasteiger partial charge in [0, 0.05) is 9.86 Å². The molecule has 1 unspecified atom stereocenters. The van der Waals surface area contributed by atoms with E-state index in [1.165, 1.54) is 11.6 Å². The van der Waals surface area contributed by atoms with Gasteiger partial charge in [-0.1, -0.05) is 40.2 Å². The number of fused-ring (bicyclic) bond motifs is 1. The van der Waals surface area contributed by atoms with Crippen molar-refractivity contribution < 1.29 is 8.81 Å². The lowest BCUT2D eigenvalue weighted by Gasteiger charge is -2.13. The molecule has 0 aliphatic heterocycles. The molecule has 0 fully saturated rings. The summed E-state index contributed by atoms with van der Waals surface area (Å²) in [6.07, 6.45) is 0.775. The normalized spacial score (nSPS) is 12.7. The Labute approximate surface area is 131 Å². The van der Waals surface area contributed by atoms with Crippen molar-refractivity contribution in [2.75, 3.05) is 7.05 Å². The Morgan fingerprint density at radius 1 is 1.19 bits per heavy atom. The zero-order chi connectivity index (χ0) is 14.8. The molecule has 0 aliphatic rings. The Hall–Kier alpha value is -1.65. The van der Waals surface area contributed by atoms with Gasteiger partial charge in [-0.15, -0.1) is 0 Å². The molecule has 0 amide bonds. The van der Waals surface area contributed by atoms with Crippen molar-refractivity contribution in [3.63, 3.8) is 0 Å². The van der Waals surface area contributed by atoms with Crippen LogP contribution in [0.1, 0.15) is 17.4 Å². The molecule has 0 bridgehead atoms. The zero-order valence-corrected chi connectivity index (χ0v) is 13.2. The predicted octanol–water partition coefficient (Wildman–Crippen LogP) is 4.84. The van der Waals surface area contributed by atoms with Gasteiger partial charge < -0.3 is 9.73 Å². The summed E-state index contributed by atoms with van der Waals surface area (Å²) in [7, 11) is 1.88. The second kappa shape index (κ2) is 6.00. The quantitative estimate of drug-likeness (QED) is 0.730. The minimum absolute atomic E-state index is 0.00565. The molecule has 3 rings (SSSR count). The van der Waals surface area contributed by atoms with Gasteiger partial charge in [0.25, 0.3) is 0 Å². The summed E-state index contributed by atoms with van der Waals surface area (Å²) in [6.45, 7) is 0. The Morgan fingerprint density at radius 2 is 2.00 bits per heavy atom. The average Bonchev–Trinajstić information content (AvgIpc) is 2.90. The molecule has 2 nitrogen and oxygen atoms in total. The number of halogens is 2. The highest BCUT2D eigenvalue weighted by molar-refractivity contribution is 9.10. The second-order valence-corrected chi connectivity index (χ2v) is 5.90. The summed E-state index contributed by atoms with van der Waals surface area (Å²) in [6, 6.07) is 15.0. The van der Waals surface area contributed by atoms with Gasteiger partial charge >= 0.3 is 0 Å². The average molecular weight is 348 g/mol. The summed E-state index contributed by atoms with van der Waals surface area (Å²) < 4.78 is 20.5. The smallest absolute Gasteiger partial charge is 0.169 e. The monoisotopic (exact) mass is 347 g/mol. The van der Waals surface area contributed by atoms with Crippen molar-refractivity contribution in [2.45, 2.75) is 12.5 Å². The van der Waals surface area contributed by atoms with Gasteiger partial charge in [0.2, 0.25) is 0 Å². The van der Waals surface area contributed by atoms with E-state index in [0.29, 0.717) is 5.58 Å². The first-order valence-electron chi connectivity index (χ1n) is 6.77.